The fourth-order valence-corrected chi connectivity index (χ4v) is 2.27. The van der Waals surface area contributed by atoms with Crippen molar-refractivity contribution in [3.05, 3.63) is 35.1 Å². The molecule has 0 bridgehead atoms. The molecule has 0 saturated carbocycles. The molecular weight excluding hydrogens is 236 g/mol. The van der Waals surface area contributed by atoms with E-state index in [9.17, 15) is 5.11 Å². The van der Waals surface area contributed by atoms with Crippen LogP contribution < -0.4 is 0 Å². The molecule has 19 heavy (non-hydrogen) atoms. The molecule has 0 amide bonds. The molecule has 1 aromatic heterocycles. The first-order valence-electron chi connectivity index (χ1n) is 6.81. The fraction of sp³-hybridized carbons (Fsp3) is 0.529. The second-order valence-corrected chi connectivity index (χ2v) is 7.31. The van der Waals surface area contributed by atoms with Gasteiger partial charge in [-0.25, -0.2) is 0 Å². The van der Waals surface area contributed by atoms with Crippen molar-refractivity contribution in [1.82, 2.24) is 0 Å². The molecule has 1 aromatic carbocycles. The second kappa shape index (κ2) is 4.38. The summed E-state index contributed by atoms with van der Waals surface area (Å²) < 4.78 is 5.79. The van der Waals surface area contributed by atoms with Gasteiger partial charge in [-0.1, -0.05) is 47.6 Å². The SMILES string of the molecule is CC(C)(C)c1cc(C(C)(C)C)c2oc(CO)cc2c1. The van der Waals surface area contributed by atoms with Crippen LogP contribution in [0.25, 0.3) is 11.0 Å². The Morgan fingerprint density at radius 2 is 1.58 bits per heavy atom. The van der Waals surface area contributed by atoms with E-state index >= 15 is 0 Å². The minimum Gasteiger partial charge on any atom is -0.458 e. The van der Waals surface area contributed by atoms with Crippen LogP contribution in [0.2, 0.25) is 0 Å². The molecule has 2 rings (SSSR count). The lowest BCUT2D eigenvalue weighted by Crippen LogP contribution is -2.16. The van der Waals surface area contributed by atoms with Crippen LogP contribution in [0.4, 0.5) is 0 Å². The van der Waals surface area contributed by atoms with Gasteiger partial charge < -0.3 is 9.52 Å². The Balaban J connectivity index is 2.78. The first-order valence-corrected chi connectivity index (χ1v) is 6.81. The lowest BCUT2D eigenvalue weighted by atomic mass is 9.80. The Morgan fingerprint density at radius 3 is 2.05 bits per heavy atom. The minimum atomic E-state index is -0.0525. The van der Waals surface area contributed by atoms with Gasteiger partial charge in [-0.05, 0) is 28.5 Å². The number of benzene rings is 1. The predicted molar refractivity (Wildman–Crippen MR) is 79.5 cm³/mol. The molecule has 2 aromatic rings. The molecule has 104 valence electrons. The van der Waals surface area contributed by atoms with Crippen LogP contribution in [0.5, 0.6) is 0 Å². The van der Waals surface area contributed by atoms with Crippen molar-refractivity contribution in [2.24, 2.45) is 0 Å². The topological polar surface area (TPSA) is 33.4 Å². The maximum Gasteiger partial charge on any atom is 0.138 e. The van der Waals surface area contributed by atoms with Crippen LogP contribution in [0.1, 0.15) is 58.4 Å². The van der Waals surface area contributed by atoms with E-state index < -0.39 is 0 Å². The summed E-state index contributed by atoms with van der Waals surface area (Å²) in [6.45, 7) is 13.2. The lowest BCUT2D eigenvalue weighted by Gasteiger charge is -2.25. The molecule has 0 radical (unpaired) electrons. The second-order valence-electron chi connectivity index (χ2n) is 7.31. The number of aliphatic hydroxyl groups excluding tert-OH is 1. The van der Waals surface area contributed by atoms with E-state index in [4.69, 9.17) is 4.42 Å². The van der Waals surface area contributed by atoms with Crippen LogP contribution in [0.3, 0.4) is 0 Å². The van der Waals surface area contributed by atoms with E-state index in [1.165, 1.54) is 11.1 Å². The van der Waals surface area contributed by atoms with Crippen LogP contribution in [0.15, 0.2) is 22.6 Å². The third-order valence-electron chi connectivity index (χ3n) is 3.50. The number of fused-ring (bicyclic) bond motifs is 1. The summed E-state index contributed by atoms with van der Waals surface area (Å²) in [5.41, 5.74) is 3.53. The van der Waals surface area contributed by atoms with Crippen LogP contribution in [-0.4, -0.2) is 5.11 Å². The van der Waals surface area contributed by atoms with Gasteiger partial charge in [-0.3, -0.25) is 0 Å². The van der Waals surface area contributed by atoms with E-state index in [0.717, 1.165) is 11.0 Å². The summed E-state index contributed by atoms with van der Waals surface area (Å²) in [7, 11) is 0. The third-order valence-corrected chi connectivity index (χ3v) is 3.50. The van der Waals surface area contributed by atoms with E-state index in [2.05, 4.69) is 53.7 Å². The number of rotatable bonds is 1. The Kier molecular flexibility index (Phi) is 3.26. The Morgan fingerprint density at radius 1 is 0.947 bits per heavy atom. The third kappa shape index (κ3) is 2.69. The molecule has 2 heteroatoms. The van der Waals surface area contributed by atoms with Crippen molar-refractivity contribution in [3.8, 4) is 0 Å². The molecule has 0 aliphatic carbocycles. The van der Waals surface area contributed by atoms with E-state index in [1.807, 2.05) is 6.07 Å². The number of furan rings is 1. The Bertz CT molecular complexity index is 592. The zero-order valence-corrected chi connectivity index (χ0v) is 12.8. The molecule has 0 aliphatic heterocycles. The normalized spacial score (nSPS) is 13.2. The average molecular weight is 260 g/mol. The van der Waals surface area contributed by atoms with Crippen molar-refractivity contribution < 1.29 is 9.52 Å². The Labute approximate surface area is 115 Å². The van der Waals surface area contributed by atoms with Gasteiger partial charge in [0.1, 0.15) is 18.0 Å². The van der Waals surface area contributed by atoms with Gasteiger partial charge >= 0.3 is 0 Å². The van der Waals surface area contributed by atoms with Gasteiger partial charge in [-0.15, -0.1) is 0 Å². The van der Waals surface area contributed by atoms with Crippen molar-refractivity contribution in [2.75, 3.05) is 0 Å². The monoisotopic (exact) mass is 260 g/mol. The van der Waals surface area contributed by atoms with Gasteiger partial charge in [0.2, 0.25) is 0 Å². The fourth-order valence-electron chi connectivity index (χ4n) is 2.27. The van der Waals surface area contributed by atoms with Crippen molar-refractivity contribution >= 4 is 11.0 Å². The molecule has 0 aliphatic rings. The summed E-state index contributed by atoms with van der Waals surface area (Å²) in [5, 5.41) is 10.4. The summed E-state index contributed by atoms with van der Waals surface area (Å²) in [4.78, 5) is 0. The molecule has 1 heterocycles. The summed E-state index contributed by atoms with van der Waals surface area (Å²) >= 11 is 0. The molecule has 0 saturated heterocycles. The zero-order valence-electron chi connectivity index (χ0n) is 12.8. The molecule has 1 N–H and O–H groups in total. The van der Waals surface area contributed by atoms with Crippen molar-refractivity contribution in [3.63, 3.8) is 0 Å². The van der Waals surface area contributed by atoms with Gasteiger partial charge in [0.25, 0.3) is 0 Å². The molecule has 0 unspecified atom stereocenters. The molecule has 0 spiro atoms. The highest BCUT2D eigenvalue weighted by Crippen LogP contribution is 2.36. The maximum absolute atomic E-state index is 9.27. The zero-order chi connectivity index (χ0) is 14.4. The van der Waals surface area contributed by atoms with Crippen LogP contribution in [-0.2, 0) is 17.4 Å². The smallest absolute Gasteiger partial charge is 0.138 e. The summed E-state index contributed by atoms with van der Waals surface area (Å²) in [6.07, 6.45) is 0. The molecule has 0 fully saturated rings. The quantitative estimate of drug-likeness (QED) is 0.817. The molecule has 2 nitrogen and oxygen atoms in total. The van der Waals surface area contributed by atoms with E-state index in [0.29, 0.717) is 5.76 Å². The lowest BCUT2D eigenvalue weighted by molar-refractivity contribution is 0.250. The first kappa shape index (κ1) is 14.1. The van der Waals surface area contributed by atoms with Gasteiger partial charge in [0, 0.05) is 10.9 Å². The van der Waals surface area contributed by atoms with Crippen molar-refractivity contribution in [2.45, 2.75) is 59.0 Å². The number of aliphatic hydroxyl groups is 1. The average Bonchev–Trinajstić information content (AvgIpc) is 2.67. The maximum atomic E-state index is 9.27. The minimum absolute atomic E-state index is 0.0179. The highest BCUT2D eigenvalue weighted by Gasteiger charge is 2.24. The predicted octanol–water partition coefficient (Wildman–Crippen LogP) is 4.52. The highest BCUT2D eigenvalue weighted by molar-refractivity contribution is 5.83. The first-order chi connectivity index (χ1) is 8.63. The van der Waals surface area contributed by atoms with Crippen LogP contribution in [0, 0.1) is 0 Å². The van der Waals surface area contributed by atoms with E-state index in [-0.39, 0.29) is 17.4 Å². The van der Waals surface area contributed by atoms with Gasteiger partial charge in [0.05, 0.1) is 0 Å². The van der Waals surface area contributed by atoms with Gasteiger partial charge in [0.15, 0.2) is 0 Å². The number of hydrogen-bond acceptors (Lipinski definition) is 2. The summed E-state index contributed by atoms with van der Waals surface area (Å²) in [6, 6.07) is 6.36. The van der Waals surface area contributed by atoms with Crippen LogP contribution >= 0.6 is 0 Å². The van der Waals surface area contributed by atoms with Gasteiger partial charge in [-0.2, -0.15) is 0 Å². The van der Waals surface area contributed by atoms with E-state index in [1.54, 1.807) is 0 Å². The largest absolute Gasteiger partial charge is 0.458 e. The molecular formula is C17H24O2. The van der Waals surface area contributed by atoms with Crippen molar-refractivity contribution in [1.29, 1.82) is 0 Å². The number of hydrogen-bond donors (Lipinski definition) is 1. The standard InChI is InChI=1S/C17H24O2/c1-16(2,3)12-7-11-8-13(10-18)19-15(11)14(9-12)17(4,5)6/h7-9,18H,10H2,1-6H3. The molecule has 0 atom stereocenters. The summed E-state index contributed by atoms with van der Waals surface area (Å²) in [5.74, 6) is 0.631. The Hall–Kier alpha value is -1.28. The highest BCUT2D eigenvalue weighted by atomic mass is 16.4.